The summed E-state index contributed by atoms with van der Waals surface area (Å²) in [6, 6.07) is 0. The van der Waals surface area contributed by atoms with Crippen molar-refractivity contribution in [2.45, 2.75) is 161 Å². The van der Waals surface area contributed by atoms with Gasteiger partial charge in [0.1, 0.15) is 6.10 Å². The van der Waals surface area contributed by atoms with Crippen molar-refractivity contribution in [3.05, 3.63) is 24.3 Å². The Kier molecular flexibility index (Phi) is 28.6. The van der Waals surface area contributed by atoms with Crippen molar-refractivity contribution in [3.63, 3.8) is 0 Å². The molecule has 0 heterocycles. The monoisotopic (exact) mass is 631 g/mol. The van der Waals surface area contributed by atoms with Crippen LogP contribution < -0.4 is 0 Å². The van der Waals surface area contributed by atoms with Crippen LogP contribution in [0.5, 0.6) is 0 Å². The van der Waals surface area contributed by atoms with Crippen LogP contribution in [0.15, 0.2) is 24.3 Å². The minimum Gasteiger partial charge on any atom is -0.379 e. The zero-order valence-electron chi connectivity index (χ0n) is 29.4. The Balaban J connectivity index is 3.61. The van der Waals surface area contributed by atoms with Crippen LogP contribution in [0.1, 0.15) is 149 Å². The van der Waals surface area contributed by atoms with E-state index in [0.717, 1.165) is 25.7 Å². The molecular weight excluding hydrogens is 557 g/mol. The quantitative estimate of drug-likeness (QED) is 0.0347. The molecule has 0 spiro atoms. The lowest BCUT2D eigenvalue weighted by molar-refractivity contribution is -0.883. The first-order chi connectivity index (χ1) is 20.7. The molecule has 6 nitrogen and oxygen atoms in total. The fourth-order valence-electron chi connectivity index (χ4n) is 5.31. The lowest BCUT2D eigenvalue weighted by atomic mass is 10.1. The molecule has 0 aliphatic carbocycles. The average Bonchev–Trinajstić information content (AvgIpc) is 2.96. The zero-order valence-corrected chi connectivity index (χ0v) is 30.3. The predicted octanol–water partition coefficient (Wildman–Crippen LogP) is 10.6. The van der Waals surface area contributed by atoms with E-state index in [1.165, 1.54) is 103 Å². The van der Waals surface area contributed by atoms with Crippen molar-refractivity contribution in [1.29, 1.82) is 0 Å². The summed E-state index contributed by atoms with van der Waals surface area (Å²) in [5.41, 5.74) is 0. The van der Waals surface area contributed by atoms with Gasteiger partial charge in [0, 0.05) is 20.1 Å². The van der Waals surface area contributed by atoms with Gasteiger partial charge in [0.25, 0.3) is 0 Å². The number of unbranched alkanes of at least 4 members (excludes halogenated alkanes) is 16. The summed E-state index contributed by atoms with van der Waals surface area (Å²) in [6.45, 7) is 5.40. The highest BCUT2D eigenvalue weighted by molar-refractivity contribution is 7.53. The molecule has 3 atom stereocenters. The van der Waals surface area contributed by atoms with Crippen LogP contribution in [0, 0.1) is 0 Å². The Labute approximate surface area is 268 Å². The van der Waals surface area contributed by atoms with Crippen LogP contribution in [-0.4, -0.2) is 69.3 Å². The molecule has 256 valence electrons. The molecule has 0 aliphatic heterocycles. The molecule has 1 N–H and O–H groups in total. The van der Waals surface area contributed by atoms with Gasteiger partial charge in [-0.3, -0.25) is 4.57 Å². The summed E-state index contributed by atoms with van der Waals surface area (Å²) in [5.74, 6) is -0.447. The van der Waals surface area contributed by atoms with Crippen molar-refractivity contribution < 1.29 is 27.9 Å². The lowest BCUT2D eigenvalue weighted by Gasteiger charge is -2.36. The van der Waals surface area contributed by atoms with Crippen LogP contribution in [0.4, 0.5) is 0 Å². The number of methoxy groups -OCH3 is 1. The summed E-state index contributed by atoms with van der Waals surface area (Å²) in [6.07, 6.45) is 35.4. The van der Waals surface area contributed by atoms with E-state index in [0.29, 0.717) is 24.1 Å². The maximum absolute atomic E-state index is 12.9. The molecular formula is C36H73NO5P+. The van der Waals surface area contributed by atoms with Gasteiger partial charge in [-0.15, -0.1) is 0 Å². The second-order valence-electron chi connectivity index (χ2n) is 13.2. The highest BCUT2D eigenvalue weighted by Gasteiger charge is 2.42. The molecule has 0 saturated heterocycles. The third-order valence-corrected chi connectivity index (χ3v) is 10.3. The van der Waals surface area contributed by atoms with Crippen LogP contribution in [0.25, 0.3) is 0 Å². The standard InChI is InChI=1S/C36H72NO5P/c1-7-9-10-11-12-13-14-15-16-17-18-19-20-21-22-23-24-25-26-27-28-29-30-32-41-33-35(40-6)34-42-43(38,39)36(31-8-2)37(3,4)5/h13-14,25-26,35-36H,7-12,15-24,27-34H2,1-6H3/p+1/b14-13-,26-25-/t35-,36?/m1/s1. The van der Waals surface area contributed by atoms with Crippen molar-refractivity contribution in [2.24, 2.45) is 0 Å². The molecule has 0 aliphatic rings. The van der Waals surface area contributed by atoms with Gasteiger partial charge in [0.2, 0.25) is 0 Å². The number of nitrogens with zero attached hydrogens (tertiary/aromatic N) is 1. The highest BCUT2D eigenvalue weighted by Crippen LogP contribution is 2.51. The Bertz CT molecular complexity index is 706. The van der Waals surface area contributed by atoms with Crippen LogP contribution in [0.2, 0.25) is 0 Å². The number of ether oxygens (including phenoxy) is 2. The minimum absolute atomic E-state index is 0.0622. The van der Waals surface area contributed by atoms with E-state index in [2.05, 4.69) is 31.2 Å². The molecule has 0 rings (SSSR count). The molecule has 0 aromatic carbocycles. The van der Waals surface area contributed by atoms with Crippen molar-refractivity contribution in [3.8, 4) is 0 Å². The maximum atomic E-state index is 12.9. The molecule has 0 aromatic heterocycles. The maximum Gasteiger partial charge on any atom is 0.385 e. The smallest absolute Gasteiger partial charge is 0.379 e. The van der Waals surface area contributed by atoms with Gasteiger partial charge in [-0.1, -0.05) is 102 Å². The summed E-state index contributed by atoms with van der Waals surface area (Å²) < 4.78 is 30.0. The largest absolute Gasteiger partial charge is 0.385 e. The zero-order chi connectivity index (χ0) is 32.1. The van der Waals surface area contributed by atoms with E-state index in [1.54, 1.807) is 7.11 Å². The van der Waals surface area contributed by atoms with Crippen LogP contribution >= 0.6 is 7.60 Å². The van der Waals surface area contributed by atoms with Crippen LogP contribution in [0.3, 0.4) is 0 Å². The lowest BCUT2D eigenvalue weighted by Crippen LogP contribution is -2.45. The van der Waals surface area contributed by atoms with Crippen molar-refractivity contribution in [2.75, 3.05) is 48.1 Å². The molecule has 0 saturated carbocycles. The minimum atomic E-state index is -3.76. The summed E-state index contributed by atoms with van der Waals surface area (Å²) in [5, 5.41) is 0. The topological polar surface area (TPSA) is 65.0 Å². The van der Waals surface area contributed by atoms with Gasteiger partial charge in [0.15, 0.2) is 5.78 Å². The molecule has 0 amide bonds. The SMILES string of the molecule is CCCCCC/C=C\CCCCCCCCCC/C=C\CCCCCOC[C@H](COP(=O)(O)C(CCC)[N+](C)(C)C)OC. The second-order valence-corrected chi connectivity index (χ2v) is 15.2. The van der Waals surface area contributed by atoms with E-state index >= 15 is 0 Å². The van der Waals surface area contributed by atoms with E-state index in [-0.39, 0.29) is 12.7 Å². The van der Waals surface area contributed by atoms with Gasteiger partial charge >= 0.3 is 7.60 Å². The predicted molar refractivity (Wildman–Crippen MR) is 186 cm³/mol. The molecule has 2 unspecified atom stereocenters. The van der Waals surface area contributed by atoms with Gasteiger partial charge in [-0.05, 0) is 64.2 Å². The molecule has 0 radical (unpaired) electrons. The molecule has 0 aromatic rings. The fourth-order valence-corrected chi connectivity index (χ4v) is 7.32. The molecule has 0 fully saturated rings. The van der Waals surface area contributed by atoms with E-state index < -0.39 is 13.4 Å². The molecule has 7 heteroatoms. The highest BCUT2D eigenvalue weighted by atomic mass is 31.2. The Morgan fingerprint density at radius 3 is 1.51 bits per heavy atom. The van der Waals surface area contributed by atoms with Gasteiger partial charge in [-0.25, -0.2) is 0 Å². The van der Waals surface area contributed by atoms with Crippen molar-refractivity contribution in [1.82, 2.24) is 0 Å². The van der Waals surface area contributed by atoms with E-state index in [1.807, 2.05) is 28.1 Å². The summed E-state index contributed by atoms with van der Waals surface area (Å²) in [7, 11) is 3.62. The number of hydrogen-bond donors (Lipinski definition) is 1. The third kappa shape index (κ3) is 26.4. The Morgan fingerprint density at radius 1 is 0.651 bits per heavy atom. The van der Waals surface area contributed by atoms with E-state index in [4.69, 9.17) is 14.0 Å². The Morgan fingerprint density at radius 2 is 1.09 bits per heavy atom. The summed E-state index contributed by atoms with van der Waals surface area (Å²) in [4.78, 5) is 10.6. The number of rotatable bonds is 32. The molecule has 43 heavy (non-hydrogen) atoms. The first kappa shape index (κ1) is 42.5. The number of hydrogen-bond acceptors (Lipinski definition) is 4. The van der Waals surface area contributed by atoms with Gasteiger partial charge in [-0.2, -0.15) is 0 Å². The van der Waals surface area contributed by atoms with Gasteiger partial charge in [0.05, 0.1) is 34.4 Å². The summed E-state index contributed by atoms with van der Waals surface area (Å²) >= 11 is 0. The van der Waals surface area contributed by atoms with E-state index in [9.17, 15) is 9.46 Å². The first-order valence-electron chi connectivity index (χ1n) is 17.9. The fraction of sp³-hybridized carbons (Fsp3) is 0.889. The second kappa shape index (κ2) is 28.9. The van der Waals surface area contributed by atoms with Crippen LogP contribution in [-0.2, 0) is 18.6 Å². The number of allylic oxidation sites excluding steroid dienone is 4. The van der Waals surface area contributed by atoms with Crippen molar-refractivity contribution >= 4 is 7.60 Å². The normalized spacial score (nSPS) is 15.4. The Hall–Kier alpha value is -0.490. The average molecular weight is 631 g/mol. The molecule has 0 bridgehead atoms. The number of quaternary nitrogens is 1. The third-order valence-electron chi connectivity index (χ3n) is 8.11. The first-order valence-corrected chi connectivity index (χ1v) is 19.5. The van der Waals surface area contributed by atoms with Gasteiger partial charge < -0.3 is 23.4 Å².